The molecule has 2 rings (SSSR count). The fraction of sp³-hybridized carbons (Fsp3) is 0. The third-order valence-corrected chi connectivity index (χ3v) is 2.74. The molecule has 1 heterocycles. The van der Waals surface area contributed by atoms with Crippen LogP contribution in [0.15, 0.2) is 48.8 Å². The van der Waals surface area contributed by atoms with E-state index in [0.717, 1.165) is 5.56 Å². The fourth-order valence-electron chi connectivity index (χ4n) is 1.56. The first-order valence-electron chi connectivity index (χ1n) is 5.28. The third kappa shape index (κ3) is 2.76. The first-order valence-corrected chi connectivity index (χ1v) is 5.66. The molecule has 0 amide bonds. The number of rotatable bonds is 3. The molecule has 0 fully saturated rings. The van der Waals surface area contributed by atoms with E-state index in [1.807, 2.05) is 0 Å². The van der Waals surface area contributed by atoms with Crippen LogP contribution in [0.25, 0.3) is 11.6 Å². The number of aliphatic carboxylic acids is 1. The van der Waals surface area contributed by atoms with Crippen molar-refractivity contribution < 1.29 is 9.90 Å². The Morgan fingerprint density at radius 1 is 1.17 bits per heavy atom. The minimum atomic E-state index is -1.01. The van der Waals surface area contributed by atoms with E-state index in [2.05, 4.69) is 4.98 Å². The summed E-state index contributed by atoms with van der Waals surface area (Å²) in [6, 6.07) is 10.3. The number of carboxylic acids is 1. The maximum atomic E-state index is 11.3. The second kappa shape index (κ2) is 5.47. The summed E-state index contributed by atoms with van der Waals surface area (Å²) in [5.41, 5.74) is 1.43. The van der Waals surface area contributed by atoms with Gasteiger partial charge in [-0.15, -0.1) is 0 Å². The van der Waals surface area contributed by atoms with Crippen LogP contribution in [0, 0.1) is 0 Å². The van der Waals surface area contributed by atoms with E-state index < -0.39 is 5.97 Å². The highest BCUT2D eigenvalue weighted by molar-refractivity contribution is 6.35. The van der Waals surface area contributed by atoms with Gasteiger partial charge in [0.05, 0.1) is 5.57 Å². The molecular weight excluding hydrogens is 250 g/mol. The summed E-state index contributed by atoms with van der Waals surface area (Å²) in [4.78, 5) is 15.2. The number of carboxylic acid groups (broad SMARTS) is 1. The first-order chi connectivity index (χ1) is 8.68. The Hall–Kier alpha value is -2.13. The van der Waals surface area contributed by atoms with Crippen LogP contribution in [-0.2, 0) is 4.79 Å². The second-order valence-corrected chi connectivity index (χ2v) is 4.03. The van der Waals surface area contributed by atoms with Crippen molar-refractivity contribution in [1.82, 2.24) is 4.98 Å². The van der Waals surface area contributed by atoms with Crippen LogP contribution in [0.2, 0.25) is 5.02 Å². The van der Waals surface area contributed by atoms with E-state index >= 15 is 0 Å². The minimum Gasteiger partial charge on any atom is -0.478 e. The summed E-state index contributed by atoms with van der Waals surface area (Å²) >= 11 is 6.01. The molecule has 1 N–H and O–H groups in total. The second-order valence-electron chi connectivity index (χ2n) is 3.62. The summed E-state index contributed by atoms with van der Waals surface area (Å²) in [6.07, 6.45) is 4.79. The molecule has 0 spiro atoms. The van der Waals surface area contributed by atoms with Gasteiger partial charge in [-0.1, -0.05) is 29.8 Å². The van der Waals surface area contributed by atoms with Gasteiger partial charge in [0.25, 0.3) is 0 Å². The number of hydrogen-bond acceptors (Lipinski definition) is 2. The average Bonchev–Trinajstić information content (AvgIpc) is 2.38. The summed E-state index contributed by atoms with van der Waals surface area (Å²) in [5.74, 6) is -1.01. The molecule has 0 aliphatic heterocycles. The zero-order chi connectivity index (χ0) is 13.0. The minimum absolute atomic E-state index is 0.159. The molecular formula is C14H10ClNO2. The van der Waals surface area contributed by atoms with Gasteiger partial charge in [-0.25, -0.2) is 4.79 Å². The zero-order valence-electron chi connectivity index (χ0n) is 9.38. The SMILES string of the molecule is O=C(O)/C(=C/c1ccncc1)c1ccccc1Cl. The van der Waals surface area contributed by atoms with E-state index in [9.17, 15) is 9.90 Å². The van der Waals surface area contributed by atoms with Crippen molar-refractivity contribution in [2.24, 2.45) is 0 Å². The number of hydrogen-bond donors (Lipinski definition) is 1. The molecule has 1 aromatic heterocycles. The van der Waals surface area contributed by atoms with Crippen LogP contribution in [0.4, 0.5) is 0 Å². The lowest BCUT2D eigenvalue weighted by atomic mass is 10.0. The molecule has 0 unspecified atom stereocenters. The Labute approximate surface area is 109 Å². The Bertz CT molecular complexity index is 594. The van der Waals surface area contributed by atoms with Crippen molar-refractivity contribution in [3.05, 3.63) is 64.9 Å². The van der Waals surface area contributed by atoms with Crippen molar-refractivity contribution in [3.8, 4) is 0 Å². The summed E-state index contributed by atoms with van der Waals surface area (Å²) in [7, 11) is 0. The van der Waals surface area contributed by atoms with E-state index in [4.69, 9.17) is 11.6 Å². The predicted octanol–water partition coefficient (Wildman–Crippen LogP) is 3.36. The molecule has 4 heteroatoms. The monoisotopic (exact) mass is 259 g/mol. The number of aromatic nitrogens is 1. The molecule has 2 aromatic rings. The average molecular weight is 260 g/mol. The van der Waals surface area contributed by atoms with Crippen LogP contribution >= 0.6 is 11.6 Å². The molecule has 0 saturated carbocycles. The van der Waals surface area contributed by atoms with Gasteiger partial charge in [0, 0.05) is 23.0 Å². The Balaban J connectivity index is 2.51. The largest absolute Gasteiger partial charge is 0.478 e. The lowest BCUT2D eigenvalue weighted by molar-refractivity contribution is -0.130. The van der Waals surface area contributed by atoms with Gasteiger partial charge in [0.1, 0.15) is 0 Å². The van der Waals surface area contributed by atoms with Gasteiger partial charge in [0.15, 0.2) is 0 Å². The zero-order valence-corrected chi connectivity index (χ0v) is 10.1. The van der Waals surface area contributed by atoms with Crippen molar-refractivity contribution >= 4 is 29.2 Å². The Morgan fingerprint density at radius 3 is 2.44 bits per heavy atom. The van der Waals surface area contributed by atoms with Crippen LogP contribution in [0.3, 0.4) is 0 Å². The number of nitrogens with zero attached hydrogens (tertiary/aromatic N) is 1. The predicted molar refractivity (Wildman–Crippen MR) is 71.2 cm³/mol. The van der Waals surface area contributed by atoms with E-state index in [1.54, 1.807) is 54.9 Å². The number of benzene rings is 1. The van der Waals surface area contributed by atoms with E-state index in [0.29, 0.717) is 10.6 Å². The summed E-state index contributed by atoms with van der Waals surface area (Å²) in [5, 5.41) is 9.69. The maximum absolute atomic E-state index is 11.3. The molecule has 0 saturated heterocycles. The van der Waals surface area contributed by atoms with Crippen LogP contribution < -0.4 is 0 Å². The van der Waals surface area contributed by atoms with Crippen molar-refractivity contribution in [2.45, 2.75) is 0 Å². The molecule has 90 valence electrons. The molecule has 3 nitrogen and oxygen atoms in total. The van der Waals surface area contributed by atoms with Gasteiger partial charge in [-0.3, -0.25) is 4.98 Å². The lowest BCUT2D eigenvalue weighted by Crippen LogP contribution is -2.00. The van der Waals surface area contributed by atoms with Crippen molar-refractivity contribution in [3.63, 3.8) is 0 Å². The highest BCUT2D eigenvalue weighted by Crippen LogP contribution is 2.25. The van der Waals surface area contributed by atoms with Gasteiger partial charge >= 0.3 is 5.97 Å². The molecule has 0 bridgehead atoms. The standard InChI is InChI=1S/C14H10ClNO2/c15-13-4-2-1-3-11(13)12(14(17)18)9-10-5-7-16-8-6-10/h1-9H,(H,17,18)/b12-9+. The molecule has 18 heavy (non-hydrogen) atoms. The normalized spacial score (nSPS) is 11.3. The van der Waals surface area contributed by atoms with Gasteiger partial charge in [-0.05, 0) is 29.8 Å². The maximum Gasteiger partial charge on any atom is 0.336 e. The van der Waals surface area contributed by atoms with Crippen molar-refractivity contribution in [1.29, 1.82) is 0 Å². The fourth-order valence-corrected chi connectivity index (χ4v) is 1.80. The Kier molecular flexibility index (Phi) is 3.75. The number of pyridine rings is 1. The van der Waals surface area contributed by atoms with Gasteiger partial charge in [0.2, 0.25) is 0 Å². The molecule has 0 atom stereocenters. The third-order valence-electron chi connectivity index (χ3n) is 2.41. The molecule has 0 aliphatic carbocycles. The van der Waals surface area contributed by atoms with Crippen LogP contribution in [0.1, 0.15) is 11.1 Å². The quantitative estimate of drug-likeness (QED) is 0.860. The van der Waals surface area contributed by atoms with Gasteiger partial charge in [-0.2, -0.15) is 0 Å². The summed E-state index contributed by atoms with van der Waals surface area (Å²) < 4.78 is 0. The highest BCUT2D eigenvalue weighted by atomic mass is 35.5. The highest BCUT2D eigenvalue weighted by Gasteiger charge is 2.13. The summed E-state index contributed by atoms with van der Waals surface area (Å²) in [6.45, 7) is 0. The number of carbonyl (C=O) groups is 1. The van der Waals surface area contributed by atoms with Crippen molar-refractivity contribution in [2.75, 3.05) is 0 Å². The molecule has 0 radical (unpaired) electrons. The Morgan fingerprint density at radius 2 is 1.83 bits per heavy atom. The van der Waals surface area contributed by atoms with E-state index in [1.165, 1.54) is 0 Å². The topological polar surface area (TPSA) is 50.2 Å². The van der Waals surface area contributed by atoms with Gasteiger partial charge < -0.3 is 5.11 Å². The lowest BCUT2D eigenvalue weighted by Gasteiger charge is -2.05. The number of halogens is 1. The first kappa shape index (κ1) is 12.3. The van der Waals surface area contributed by atoms with Crippen LogP contribution in [-0.4, -0.2) is 16.1 Å². The van der Waals surface area contributed by atoms with E-state index in [-0.39, 0.29) is 5.57 Å². The van der Waals surface area contributed by atoms with Crippen LogP contribution in [0.5, 0.6) is 0 Å². The molecule has 1 aromatic carbocycles. The molecule has 0 aliphatic rings. The smallest absolute Gasteiger partial charge is 0.336 e.